The lowest BCUT2D eigenvalue weighted by Gasteiger charge is -2.07. The van der Waals surface area contributed by atoms with Gasteiger partial charge in [-0.15, -0.1) is 11.3 Å². The van der Waals surface area contributed by atoms with Crippen LogP contribution in [0.25, 0.3) is 10.9 Å². The summed E-state index contributed by atoms with van der Waals surface area (Å²) >= 11 is 1.30. The second kappa shape index (κ2) is 5.67. The lowest BCUT2D eigenvalue weighted by atomic mass is 10.1. The van der Waals surface area contributed by atoms with Crippen LogP contribution in [-0.2, 0) is 13.0 Å². The minimum Gasteiger partial charge on any atom is -0.341 e. The average Bonchev–Trinajstić information content (AvgIpc) is 3.14. The van der Waals surface area contributed by atoms with Crippen LogP contribution >= 0.6 is 11.3 Å². The van der Waals surface area contributed by atoms with E-state index in [0.717, 1.165) is 12.1 Å². The molecular formula is C15H16N4OS. The predicted octanol–water partition coefficient (Wildman–Crippen LogP) is 2.31. The van der Waals surface area contributed by atoms with E-state index >= 15 is 0 Å². The van der Waals surface area contributed by atoms with Gasteiger partial charge < -0.3 is 4.57 Å². The first-order chi connectivity index (χ1) is 10.2. The number of fused-ring (bicyclic) bond motifs is 1. The first-order valence-corrected chi connectivity index (χ1v) is 7.63. The van der Waals surface area contributed by atoms with Crippen molar-refractivity contribution in [3.8, 4) is 0 Å². The van der Waals surface area contributed by atoms with Crippen molar-refractivity contribution in [2.75, 3.05) is 0 Å². The monoisotopic (exact) mass is 300 g/mol. The van der Waals surface area contributed by atoms with E-state index in [1.807, 2.05) is 5.38 Å². The minimum absolute atomic E-state index is 0.349. The molecule has 1 aromatic carbocycles. The van der Waals surface area contributed by atoms with E-state index in [1.54, 1.807) is 0 Å². The van der Waals surface area contributed by atoms with Crippen LogP contribution in [0.2, 0.25) is 0 Å². The highest BCUT2D eigenvalue weighted by Crippen LogP contribution is 2.22. The van der Waals surface area contributed by atoms with Gasteiger partial charge in [0.05, 0.1) is 17.8 Å². The maximum Gasteiger partial charge on any atom is 0.294 e. The van der Waals surface area contributed by atoms with Crippen LogP contribution in [0.5, 0.6) is 0 Å². The molecule has 0 aliphatic rings. The SMILES string of the molecule is CCc1cccc2ccn(Cc3csc(C(=O)NN)n3)c12. The maximum atomic E-state index is 11.4. The van der Waals surface area contributed by atoms with Crippen LogP contribution in [0.4, 0.5) is 0 Å². The summed E-state index contributed by atoms with van der Waals surface area (Å²) in [7, 11) is 0. The highest BCUT2D eigenvalue weighted by atomic mass is 32.1. The molecule has 0 saturated heterocycles. The van der Waals surface area contributed by atoms with Crippen molar-refractivity contribution in [3.63, 3.8) is 0 Å². The molecule has 0 spiro atoms. The smallest absolute Gasteiger partial charge is 0.294 e. The van der Waals surface area contributed by atoms with Crippen molar-refractivity contribution < 1.29 is 4.79 Å². The van der Waals surface area contributed by atoms with E-state index < -0.39 is 0 Å². The Balaban J connectivity index is 1.95. The predicted molar refractivity (Wildman–Crippen MR) is 84.2 cm³/mol. The third-order valence-corrected chi connectivity index (χ3v) is 4.35. The van der Waals surface area contributed by atoms with Gasteiger partial charge >= 0.3 is 0 Å². The first kappa shape index (κ1) is 13.8. The Morgan fingerprint density at radius 3 is 3.05 bits per heavy atom. The van der Waals surface area contributed by atoms with Gasteiger partial charge in [-0.2, -0.15) is 0 Å². The number of nitrogens with zero attached hydrogens (tertiary/aromatic N) is 2. The largest absolute Gasteiger partial charge is 0.341 e. The third-order valence-electron chi connectivity index (χ3n) is 3.46. The molecule has 0 aliphatic carbocycles. The molecule has 5 nitrogen and oxygen atoms in total. The molecule has 21 heavy (non-hydrogen) atoms. The summed E-state index contributed by atoms with van der Waals surface area (Å²) in [5, 5.41) is 3.51. The Morgan fingerprint density at radius 2 is 2.29 bits per heavy atom. The normalized spacial score (nSPS) is 11.0. The number of carbonyl (C=O) groups is 1. The van der Waals surface area contributed by atoms with Gasteiger partial charge in [0.15, 0.2) is 5.01 Å². The number of para-hydroxylation sites is 1. The molecule has 1 amide bonds. The lowest BCUT2D eigenvalue weighted by Crippen LogP contribution is -2.29. The number of aryl methyl sites for hydroxylation is 1. The van der Waals surface area contributed by atoms with E-state index in [4.69, 9.17) is 5.84 Å². The van der Waals surface area contributed by atoms with E-state index in [1.165, 1.54) is 27.8 Å². The fraction of sp³-hybridized carbons (Fsp3) is 0.200. The van der Waals surface area contributed by atoms with E-state index in [-0.39, 0.29) is 5.91 Å². The topological polar surface area (TPSA) is 72.9 Å². The molecule has 0 radical (unpaired) electrons. The highest BCUT2D eigenvalue weighted by Gasteiger charge is 2.11. The standard InChI is InChI=1S/C15H16N4OS/c1-2-10-4-3-5-11-6-7-19(13(10)11)8-12-9-21-15(17-12)14(20)18-16/h3-7,9H,2,8,16H2,1H3,(H,18,20). The fourth-order valence-corrected chi connectivity index (χ4v) is 3.19. The summed E-state index contributed by atoms with van der Waals surface area (Å²) in [4.78, 5) is 15.8. The molecule has 3 N–H and O–H groups in total. The molecule has 3 aromatic rings. The van der Waals surface area contributed by atoms with Crippen LogP contribution in [0.15, 0.2) is 35.8 Å². The number of amides is 1. The van der Waals surface area contributed by atoms with Gasteiger partial charge in [-0.3, -0.25) is 10.2 Å². The zero-order valence-electron chi connectivity index (χ0n) is 11.7. The molecule has 6 heteroatoms. The first-order valence-electron chi connectivity index (χ1n) is 6.75. The molecule has 0 unspecified atom stereocenters. The summed E-state index contributed by atoms with van der Waals surface area (Å²) < 4.78 is 2.17. The van der Waals surface area contributed by atoms with Crippen molar-refractivity contribution in [3.05, 3.63) is 52.1 Å². The van der Waals surface area contributed by atoms with Gasteiger partial charge in [-0.05, 0) is 23.4 Å². The molecule has 0 atom stereocenters. The molecule has 3 rings (SSSR count). The summed E-state index contributed by atoms with van der Waals surface area (Å²) in [5.41, 5.74) is 5.51. The second-order valence-corrected chi connectivity index (χ2v) is 5.63. The minimum atomic E-state index is -0.349. The number of benzene rings is 1. The Morgan fingerprint density at radius 1 is 1.43 bits per heavy atom. The molecule has 0 fully saturated rings. The van der Waals surface area contributed by atoms with Gasteiger partial charge in [0, 0.05) is 11.6 Å². The zero-order chi connectivity index (χ0) is 14.8. The molecule has 2 heterocycles. The number of aromatic nitrogens is 2. The number of nitrogens with two attached hydrogens (primary N) is 1. The van der Waals surface area contributed by atoms with Gasteiger partial charge in [-0.25, -0.2) is 10.8 Å². The van der Waals surface area contributed by atoms with E-state index in [2.05, 4.69) is 52.4 Å². The van der Waals surface area contributed by atoms with Gasteiger partial charge in [-0.1, -0.05) is 25.1 Å². The Hall–Kier alpha value is -2.18. The number of hydrogen-bond donors (Lipinski definition) is 2. The highest BCUT2D eigenvalue weighted by molar-refractivity contribution is 7.11. The Labute approximate surface area is 126 Å². The van der Waals surface area contributed by atoms with E-state index in [0.29, 0.717) is 11.6 Å². The number of thiazole rings is 1. The van der Waals surface area contributed by atoms with Crippen molar-refractivity contribution in [1.29, 1.82) is 0 Å². The molecule has 0 aliphatic heterocycles. The van der Waals surface area contributed by atoms with Crippen LogP contribution in [-0.4, -0.2) is 15.5 Å². The molecule has 0 saturated carbocycles. The number of hydrogen-bond acceptors (Lipinski definition) is 4. The zero-order valence-corrected chi connectivity index (χ0v) is 12.5. The summed E-state index contributed by atoms with van der Waals surface area (Å²) in [5.74, 6) is 4.77. The summed E-state index contributed by atoms with van der Waals surface area (Å²) in [6.07, 6.45) is 3.05. The average molecular weight is 300 g/mol. The second-order valence-electron chi connectivity index (χ2n) is 4.77. The van der Waals surface area contributed by atoms with Crippen LogP contribution in [0.1, 0.15) is 28.0 Å². The van der Waals surface area contributed by atoms with E-state index in [9.17, 15) is 4.79 Å². The third kappa shape index (κ3) is 2.55. The van der Waals surface area contributed by atoms with Crippen LogP contribution in [0.3, 0.4) is 0 Å². The quantitative estimate of drug-likeness (QED) is 0.441. The van der Waals surface area contributed by atoms with Crippen molar-refractivity contribution in [1.82, 2.24) is 15.0 Å². The number of hydrazine groups is 1. The van der Waals surface area contributed by atoms with Crippen molar-refractivity contribution in [2.24, 2.45) is 5.84 Å². The van der Waals surface area contributed by atoms with Gasteiger partial charge in [0.25, 0.3) is 5.91 Å². The Bertz CT molecular complexity index is 790. The lowest BCUT2D eigenvalue weighted by molar-refractivity contribution is 0.0953. The van der Waals surface area contributed by atoms with Crippen LogP contribution < -0.4 is 11.3 Å². The Kier molecular flexibility index (Phi) is 3.72. The van der Waals surface area contributed by atoms with Crippen molar-refractivity contribution in [2.45, 2.75) is 19.9 Å². The molecule has 108 valence electrons. The molecular weight excluding hydrogens is 284 g/mol. The number of nitrogens with one attached hydrogen (secondary N) is 1. The van der Waals surface area contributed by atoms with Crippen LogP contribution in [0, 0.1) is 0 Å². The fourth-order valence-electron chi connectivity index (χ4n) is 2.48. The summed E-state index contributed by atoms with van der Waals surface area (Å²) in [6.45, 7) is 2.80. The molecule has 0 bridgehead atoms. The summed E-state index contributed by atoms with van der Waals surface area (Å²) in [6, 6.07) is 8.44. The van der Waals surface area contributed by atoms with Crippen molar-refractivity contribution >= 4 is 28.1 Å². The number of rotatable bonds is 4. The molecule has 2 aromatic heterocycles. The van der Waals surface area contributed by atoms with Gasteiger partial charge in [0.2, 0.25) is 0 Å². The van der Waals surface area contributed by atoms with Gasteiger partial charge in [0.1, 0.15) is 0 Å². The number of nitrogen functional groups attached to an aromatic ring is 1. The number of carbonyl (C=O) groups excluding carboxylic acids is 1. The maximum absolute atomic E-state index is 11.4.